The van der Waals surface area contributed by atoms with Gasteiger partial charge in [-0.15, -0.1) is 0 Å². The number of likely N-dealkylation sites (tertiary alicyclic amines) is 1. The molecule has 5 nitrogen and oxygen atoms in total. The van der Waals surface area contributed by atoms with Crippen LogP contribution in [0.3, 0.4) is 0 Å². The maximum Gasteiger partial charge on any atom is 0.256 e. The van der Waals surface area contributed by atoms with Gasteiger partial charge in [0.15, 0.2) is 0 Å². The van der Waals surface area contributed by atoms with E-state index in [1.807, 2.05) is 24.3 Å². The Morgan fingerprint density at radius 3 is 2.45 bits per heavy atom. The van der Waals surface area contributed by atoms with E-state index in [0.717, 1.165) is 49.1 Å². The van der Waals surface area contributed by atoms with E-state index >= 15 is 0 Å². The Hall–Kier alpha value is -1.59. The minimum atomic E-state index is -0.699. The number of nitrogens with one attached hydrogen (secondary N) is 1. The van der Waals surface area contributed by atoms with Gasteiger partial charge in [-0.25, -0.2) is 0 Å². The molecule has 4 atom stereocenters. The summed E-state index contributed by atoms with van der Waals surface area (Å²) in [5.41, 5.74) is 0.0888. The molecule has 1 aromatic rings. The number of hydrogen-bond donors (Lipinski definition) is 1. The molecule has 162 valence electrons. The molecule has 1 N–H and O–H groups in total. The number of methoxy groups -OCH3 is 1. The molecule has 1 amide bonds. The molecule has 1 saturated carbocycles. The van der Waals surface area contributed by atoms with E-state index in [2.05, 4.69) is 31.0 Å². The Balaban J connectivity index is 1.48. The number of amides is 1. The second kappa shape index (κ2) is 9.94. The summed E-state index contributed by atoms with van der Waals surface area (Å²) in [6.07, 6.45) is 5.09. The maximum absolute atomic E-state index is 12.9. The Kier molecular flexibility index (Phi) is 7.58. The van der Waals surface area contributed by atoms with E-state index in [9.17, 15) is 4.79 Å². The molecule has 0 unspecified atom stereocenters. The van der Waals surface area contributed by atoms with Gasteiger partial charge in [0.05, 0.1) is 0 Å². The van der Waals surface area contributed by atoms with Gasteiger partial charge in [-0.2, -0.15) is 0 Å². The zero-order valence-electron chi connectivity index (χ0n) is 18.6. The van der Waals surface area contributed by atoms with Crippen molar-refractivity contribution in [3.63, 3.8) is 0 Å². The minimum absolute atomic E-state index is 0.0337. The highest BCUT2D eigenvalue weighted by atomic mass is 16.5. The second-order valence-electron chi connectivity index (χ2n) is 9.43. The first-order chi connectivity index (χ1) is 13.9. The first kappa shape index (κ1) is 22.1. The summed E-state index contributed by atoms with van der Waals surface area (Å²) in [7, 11) is 1.65. The van der Waals surface area contributed by atoms with Gasteiger partial charge in [-0.1, -0.05) is 27.2 Å². The summed E-state index contributed by atoms with van der Waals surface area (Å²) in [6.45, 7) is 10.8. The highest BCUT2D eigenvalue weighted by molar-refractivity contribution is 5.97. The average molecular weight is 403 g/mol. The van der Waals surface area contributed by atoms with Gasteiger partial charge in [0.1, 0.15) is 18.0 Å². The highest BCUT2D eigenvalue weighted by Gasteiger charge is 2.42. The van der Waals surface area contributed by atoms with Gasteiger partial charge < -0.3 is 14.8 Å². The van der Waals surface area contributed by atoms with Crippen LogP contribution in [0.25, 0.3) is 0 Å². The largest absolute Gasteiger partial charge is 0.492 e. The number of carbonyl (C=O) groups excluding carboxylic acids is 1. The van der Waals surface area contributed by atoms with Crippen LogP contribution in [0.1, 0.15) is 52.9 Å². The highest BCUT2D eigenvalue weighted by Crippen LogP contribution is 2.35. The summed E-state index contributed by atoms with van der Waals surface area (Å²) in [6, 6.07) is 7.68. The van der Waals surface area contributed by atoms with Crippen molar-refractivity contribution in [2.75, 3.05) is 38.7 Å². The summed E-state index contributed by atoms with van der Waals surface area (Å²) in [4.78, 5) is 15.4. The molecule has 3 rings (SSSR count). The average Bonchev–Trinajstić information content (AvgIpc) is 2.68. The summed E-state index contributed by atoms with van der Waals surface area (Å²) < 4.78 is 11.6. The van der Waals surface area contributed by atoms with Crippen LogP contribution >= 0.6 is 0 Å². The van der Waals surface area contributed by atoms with Gasteiger partial charge in [-0.05, 0) is 67.7 Å². The molecule has 1 heterocycles. The van der Waals surface area contributed by atoms with Crippen molar-refractivity contribution in [1.82, 2.24) is 4.90 Å². The van der Waals surface area contributed by atoms with Crippen LogP contribution in [0.4, 0.5) is 5.69 Å². The molecule has 0 aromatic heterocycles. The van der Waals surface area contributed by atoms with Crippen molar-refractivity contribution in [3.8, 4) is 5.75 Å². The lowest BCUT2D eigenvalue weighted by Gasteiger charge is -2.37. The number of rotatable bonds is 7. The number of benzene rings is 1. The summed E-state index contributed by atoms with van der Waals surface area (Å²) in [5.74, 6) is 2.85. The van der Waals surface area contributed by atoms with Crippen LogP contribution in [-0.4, -0.2) is 49.8 Å². The third kappa shape index (κ3) is 5.95. The van der Waals surface area contributed by atoms with Gasteiger partial charge in [0, 0.05) is 32.4 Å². The maximum atomic E-state index is 12.9. The molecule has 0 radical (unpaired) electrons. The standard InChI is InChI=1S/C24H38N2O3/c1-18-6-5-11-24(15-18,28-4)23(27)25-21-7-9-22(10-8-21)29-13-12-26-16-19(2)14-20(3)17-26/h7-10,18-20H,5-6,11-17H2,1-4H3,(H,25,27)/t18-,19-,20-,24+/m1/s1. The van der Waals surface area contributed by atoms with Gasteiger partial charge in [0.25, 0.3) is 5.91 Å². The fraction of sp³-hybridized carbons (Fsp3) is 0.708. The van der Waals surface area contributed by atoms with Crippen molar-refractivity contribution in [2.45, 2.75) is 58.5 Å². The monoisotopic (exact) mass is 402 g/mol. The predicted octanol–water partition coefficient (Wildman–Crippen LogP) is 4.58. The topological polar surface area (TPSA) is 50.8 Å². The molecule has 29 heavy (non-hydrogen) atoms. The molecule has 1 aliphatic carbocycles. The molecule has 0 spiro atoms. The van der Waals surface area contributed by atoms with Crippen LogP contribution in [-0.2, 0) is 9.53 Å². The molecule has 5 heteroatoms. The van der Waals surface area contributed by atoms with Crippen molar-refractivity contribution in [3.05, 3.63) is 24.3 Å². The number of hydrogen-bond acceptors (Lipinski definition) is 4. The van der Waals surface area contributed by atoms with Crippen LogP contribution in [0.15, 0.2) is 24.3 Å². The van der Waals surface area contributed by atoms with E-state index < -0.39 is 5.60 Å². The lowest BCUT2D eigenvalue weighted by atomic mass is 9.78. The molecular weight excluding hydrogens is 364 g/mol. The Bertz CT molecular complexity index is 653. The molecule has 1 aliphatic heterocycles. The first-order valence-corrected chi connectivity index (χ1v) is 11.2. The molecule has 2 fully saturated rings. The second-order valence-corrected chi connectivity index (χ2v) is 9.43. The summed E-state index contributed by atoms with van der Waals surface area (Å²) in [5, 5.41) is 3.04. The number of ether oxygens (including phenoxy) is 2. The van der Waals surface area contributed by atoms with Crippen molar-refractivity contribution in [2.24, 2.45) is 17.8 Å². The number of piperidine rings is 1. The number of anilines is 1. The van der Waals surface area contributed by atoms with Gasteiger partial charge in [-0.3, -0.25) is 9.69 Å². The van der Waals surface area contributed by atoms with E-state index in [1.165, 1.54) is 25.9 Å². The van der Waals surface area contributed by atoms with Crippen molar-refractivity contribution >= 4 is 11.6 Å². The SMILES string of the molecule is CO[C@@]1(C(=O)Nc2ccc(OCCN3C[C@H](C)C[C@@H](C)C3)cc2)CCC[C@@H](C)C1. The quantitative estimate of drug-likeness (QED) is 0.725. The normalized spacial score (nSPS) is 30.7. The molecular formula is C24H38N2O3. The molecule has 2 aliphatic rings. The lowest BCUT2D eigenvalue weighted by molar-refractivity contribution is -0.143. The fourth-order valence-corrected chi connectivity index (χ4v) is 5.13. The zero-order chi connectivity index (χ0) is 20.9. The van der Waals surface area contributed by atoms with E-state index in [1.54, 1.807) is 7.11 Å². The van der Waals surface area contributed by atoms with Crippen LogP contribution in [0.2, 0.25) is 0 Å². The third-order valence-electron chi connectivity index (χ3n) is 6.49. The Morgan fingerprint density at radius 1 is 1.14 bits per heavy atom. The van der Waals surface area contributed by atoms with Crippen molar-refractivity contribution in [1.29, 1.82) is 0 Å². The lowest BCUT2D eigenvalue weighted by Crippen LogP contribution is -2.47. The third-order valence-corrected chi connectivity index (χ3v) is 6.49. The Morgan fingerprint density at radius 2 is 1.83 bits per heavy atom. The first-order valence-electron chi connectivity index (χ1n) is 11.2. The number of nitrogens with zero attached hydrogens (tertiary/aromatic N) is 1. The smallest absolute Gasteiger partial charge is 0.256 e. The molecule has 0 bridgehead atoms. The molecule has 1 saturated heterocycles. The predicted molar refractivity (Wildman–Crippen MR) is 117 cm³/mol. The van der Waals surface area contributed by atoms with E-state index in [-0.39, 0.29) is 5.91 Å². The fourth-order valence-electron chi connectivity index (χ4n) is 5.13. The van der Waals surface area contributed by atoms with Gasteiger partial charge in [0.2, 0.25) is 0 Å². The van der Waals surface area contributed by atoms with Gasteiger partial charge >= 0.3 is 0 Å². The van der Waals surface area contributed by atoms with E-state index in [4.69, 9.17) is 9.47 Å². The van der Waals surface area contributed by atoms with Crippen LogP contribution in [0.5, 0.6) is 5.75 Å². The number of carbonyl (C=O) groups is 1. The van der Waals surface area contributed by atoms with Crippen molar-refractivity contribution < 1.29 is 14.3 Å². The van der Waals surface area contributed by atoms with Crippen LogP contribution in [0, 0.1) is 17.8 Å². The molecule has 1 aromatic carbocycles. The zero-order valence-corrected chi connectivity index (χ0v) is 18.6. The minimum Gasteiger partial charge on any atom is -0.492 e. The van der Waals surface area contributed by atoms with E-state index in [0.29, 0.717) is 12.5 Å². The summed E-state index contributed by atoms with van der Waals surface area (Å²) >= 11 is 0. The Labute approximate surface area is 176 Å². The van der Waals surface area contributed by atoms with Crippen LogP contribution < -0.4 is 10.1 Å².